The SMILES string of the molecule is N=CC(=CN)c1ccncc1/C=C/Nc1ccc2c(c1)OCC2. The molecule has 0 bridgehead atoms. The van der Waals surface area contributed by atoms with Crippen LogP contribution in [0.1, 0.15) is 16.7 Å². The zero-order valence-corrected chi connectivity index (χ0v) is 12.6. The van der Waals surface area contributed by atoms with Crippen LogP contribution in [-0.2, 0) is 6.42 Å². The Morgan fingerprint density at radius 3 is 3.09 bits per heavy atom. The Labute approximate surface area is 135 Å². The number of rotatable bonds is 5. The fourth-order valence-electron chi connectivity index (χ4n) is 2.50. The van der Waals surface area contributed by atoms with Crippen molar-refractivity contribution < 1.29 is 4.74 Å². The van der Waals surface area contributed by atoms with Crippen LogP contribution in [-0.4, -0.2) is 17.8 Å². The summed E-state index contributed by atoms with van der Waals surface area (Å²) >= 11 is 0. The van der Waals surface area contributed by atoms with Crippen molar-refractivity contribution >= 4 is 23.6 Å². The molecule has 1 aliphatic heterocycles. The number of hydrogen-bond donors (Lipinski definition) is 3. The average Bonchev–Trinajstić information content (AvgIpc) is 3.05. The number of hydrogen-bond acceptors (Lipinski definition) is 5. The van der Waals surface area contributed by atoms with Gasteiger partial charge in [-0.3, -0.25) is 4.98 Å². The summed E-state index contributed by atoms with van der Waals surface area (Å²) in [5.74, 6) is 0.947. The van der Waals surface area contributed by atoms with E-state index in [2.05, 4.69) is 16.4 Å². The fourth-order valence-corrected chi connectivity index (χ4v) is 2.50. The number of pyridine rings is 1. The number of nitrogens with two attached hydrogens (primary N) is 1. The summed E-state index contributed by atoms with van der Waals surface area (Å²) in [6.07, 6.45) is 10.8. The number of nitrogens with one attached hydrogen (secondary N) is 2. The van der Waals surface area contributed by atoms with E-state index in [9.17, 15) is 0 Å². The highest BCUT2D eigenvalue weighted by molar-refractivity contribution is 6.09. The molecule has 0 saturated heterocycles. The first-order valence-electron chi connectivity index (χ1n) is 7.37. The molecule has 4 N–H and O–H groups in total. The molecule has 2 heterocycles. The van der Waals surface area contributed by atoms with Crippen molar-refractivity contribution in [2.24, 2.45) is 5.73 Å². The molecule has 0 aliphatic carbocycles. The summed E-state index contributed by atoms with van der Waals surface area (Å²) < 4.78 is 5.56. The topological polar surface area (TPSA) is 84.0 Å². The Morgan fingerprint density at radius 2 is 2.26 bits per heavy atom. The lowest BCUT2D eigenvalue weighted by Crippen LogP contribution is -1.95. The zero-order valence-electron chi connectivity index (χ0n) is 12.6. The number of aromatic nitrogens is 1. The number of ether oxygens (including phenoxy) is 1. The molecule has 2 aromatic rings. The summed E-state index contributed by atoms with van der Waals surface area (Å²) in [5, 5.41) is 10.7. The molecule has 5 heteroatoms. The number of allylic oxidation sites excluding steroid dienone is 1. The van der Waals surface area contributed by atoms with Crippen molar-refractivity contribution in [3.63, 3.8) is 0 Å². The number of anilines is 1. The molecule has 0 spiro atoms. The Hall–Kier alpha value is -3.08. The minimum absolute atomic E-state index is 0.651. The number of nitrogens with zero attached hydrogens (tertiary/aromatic N) is 1. The van der Waals surface area contributed by atoms with Gasteiger partial charge in [-0.15, -0.1) is 0 Å². The Kier molecular flexibility index (Phi) is 4.38. The van der Waals surface area contributed by atoms with E-state index in [-0.39, 0.29) is 0 Å². The first kappa shape index (κ1) is 14.8. The molecular formula is C18H18N4O. The van der Waals surface area contributed by atoms with Crippen molar-refractivity contribution in [1.82, 2.24) is 4.98 Å². The second kappa shape index (κ2) is 6.79. The number of fused-ring (bicyclic) bond motifs is 1. The Bertz CT molecular complexity index is 780. The van der Waals surface area contributed by atoms with E-state index < -0.39 is 0 Å². The van der Waals surface area contributed by atoms with Gasteiger partial charge in [0.2, 0.25) is 0 Å². The van der Waals surface area contributed by atoms with Crippen molar-refractivity contribution in [3.8, 4) is 5.75 Å². The van der Waals surface area contributed by atoms with E-state index >= 15 is 0 Å². The summed E-state index contributed by atoms with van der Waals surface area (Å²) in [6, 6.07) is 7.95. The maximum absolute atomic E-state index is 7.43. The molecule has 5 nitrogen and oxygen atoms in total. The van der Waals surface area contributed by atoms with Gasteiger partial charge in [0.15, 0.2) is 0 Å². The highest BCUT2D eigenvalue weighted by atomic mass is 16.5. The third kappa shape index (κ3) is 3.23. The molecule has 0 atom stereocenters. The molecule has 1 aromatic heterocycles. The van der Waals surface area contributed by atoms with Crippen LogP contribution in [0.15, 0.2) is 49.1 Å². The van der Waals surface area contributed by atoms with E-state index in [4.69, 9.17) is 15.9 Å². The van der Waals surface area contributed by atoms with Crippen LogP contribution in [0.3, 0.4) is 0 Å². The van der Waals surface area contributed by atoms with E-state index in [1.54, 1.807) is 12.4 Å². The van der Waals surface area contributed by atoms with Gasteiger partial charge in [-0.25, -0.2) is 0 Å². The summed E-state index contributed by atoms with van der Waals surface area (Å²) in [7, 11) is 0. The second-order valence-corrected chi connectivity index (χ2v) is 5.13. The summed E-state index contributed by atoms with van der Waals surface area (Å²) in [4.78, 5) is 4.13. The highest BCUT2D eigenvalue weighted by Gasteiger charge is 2.11. The van der Waals surface area contributed by atoms with E-state index in [1.165, 1.54) is 18.0 Å². The molecule has 23 heavy (non-hydrogen) atoms. The van der Waals surface area contributed by atoms with Gasteiger partial charge in [0, 0.05) is 60.3 Å². The number of benzene rings is 1. The van der Waals surface area contributed by atoms with Gasteiger partial charge < -0.3 is 21.2 Å². The van der Waals surface area contributed by atoms with Gasteiger partial charge in [0.05, 0.1) is 6.61 Å². The van der Waals surface area contributed by atoms with E-state index in [0.717, 1.165) is 35.6 Å². The van der Waals surface area contributed by atoms with Gasteiger partial charge in [0.25, 0.3) is 0 Å². The van der Waals surface area contributed by atoms with E-state index in [0.29, 0.717) is 5.57 Å². The standard InChI is InChI=1S/C18H18N4O/c19-10-15(11-20)17-4-6-21-12-14(17)3-7-22-16-2-1-13-5-8-23-18(13)9-16/h1-4,6-7,9-12,19,22H,5,8,20H2/b7-3+,15-11?,19-10?. The van der Waals surface area contributed by atoms with E-state index in [1.807, 2.05) is 30.5 Å². The second-order valence-electron chi connectivity index (χ2n) is 5.13. The van der Waals surface area contributed by atoms with Gasteiger partial charge >= 0.3 is 0 Å². The first-order valence-corrected chi connectivity index (χ1v) is 7.37. The Morgan fingerprint density at radius 1 is 1.35 bits per heavy atom. The first-order chi connectivity index (χ1) is 11.3. The monoisotopic (exact) mass is 306 g/mol. The molecule has 0 unspecified atom stereocenters. The van der Waals surface area contributed by atoms with Crippen molar-refractivity contribution in [3.05, 3.63) is 65.7 Å². The maximum atomic E-state index is 7.43. The molecule has 0 fully saturated rings. The molecule has 0 radical (unpaired) electrons. The molecular weight excluding hydrogens is 288 g/mol. The predicted octanol–water partition coefficient (Wildman–Crippen LogP) is 3.05. The quantitative estimate of drug-likeness (QED) is 0.741. The molecule has 0 amide bonds. The third-order valence-corrected chi connectivity index (χ3v) is 3.71. The maximum Gasteiger partial charge on any atom is 0.124 e. The lowest BCUT2D eigenvalue weighted by atomic mass is 10.0. The van der Waals surface area contributed by atoms with Gasteiger partial charge in [-0.1, -0.05) is 6.07 Å². The minimum Gasteiger partial charge on any atom is -0.493 e. The van der Waals surface area contributed by atoms with Crippen molar-refractivity contribution in [1.29, 1.82) is 5.41 Å². The van der Waals surface area contributed by atoms with Crippen molar-refractivity contribution in [2.75, 3.05) is 11.9 Å². The van der Waals surface area contributed by atoms with Crippen LogP contribution in [0.4, 0.5) is 5.69 Å². The lowest BCUT2D eigenvalue weighted by molar-refractivity contribution is 0.357. The lowest BCUT2D eigenvalue weighted by Gasteiger charge is -2.06. The predicted molar refractivity (Wildman–Crippen MR) is 93.5 cm³/mol. The van der Waals surface area contributed by atoms with Crippen LogP contribution in [0.5, 0.6) is 5.75 Å². The molecule has 116 valence electrons. The normalized spacial score (nSPS) is 13.7. The third-order valence-electron chi connectivity index (χ3n) is 3.71. The molecule has 1 aliphatic rings. The summed E-state index contributed by atoms with van der Waals surface area (Å²) in [6.45, 7) is 0.755. The molecule has 0 saturated carbocycles. The highest BCUT2D eigenvalue weighted by Crippen LogP contribution is 2.28. The van der Waals surface area contributed by atoms with Crippen LogP contribution < -0.4 is 15.8 Å². The molecule has 1 aromatic carbocycles. The largest absolute Gasteiger partial charge is 0.493 e. The zero-order chi connectivity index (χ0) is 16.1. The van der Waals surface area contributed by atoms with Crippen LogP contribution in [0.25, 0.3) is 11.6 Å². The summed E-state index contributed by atoms with van der Waals surface area (Å²) in [5.41, 5.74) is 10.2. The fraction of sp³-hybridized carbons (Fsp3) is 0.111. The minimum atomic E-state index is 0.651. The smallest absolute Gasteiger partial charge is 0.124 e. The average molecular weight is 306 g/mol. The van der Waals surface area contributed by atoms with Crippen molar-refractivity contribution in [2.45, 2.75) is 6.42 Å². The molecule has 3 rings (SSSR count). The van der Waals surface area contributed by atoms with Crippen LogP contribution >= 0.6 is 0 Å². The van der Waals surface area contributed by atoms with Gasteiger partial charge in [0.1, 0.15) is 5.75 Å². The van der Waals surface area contributed by atoms with Crippen LogP contribution in [0.2, 0.25) is 0 Å². The Balaban J connectivity index is 1.77. The van der Waals surface area contributed by atoms with Gasteiger partial charge in [-0.2, -0.15) is 0 Å². The van der Waals surface area contributed by atoms with Crippen LogP contribution in [0, 0.1) is 5.41 Å². The van der Waals surface area contributed by atoms with Gasteiger partial charge in [-0.05, 0) is 29.3 Å².